The average Bonchev–Trinajstić information content (AvgIpc) is 3.18. The van der Waals surface area contributed by atoms with Crippen molar-refractivity contribution in [1.82, 2.24) is 10.2 Å². The monoisotopic (exact) mass is 250 g/mol. The molecule has 1 unspecified atom stereocenters. The molecule has 4 heteroatoms. The molecule has 0 radical (unpaired) electrons. The maximum atomic E-state index is 12.4. The Morgan fingerprint density at radius 1 is 1.06 bits per heavy atom. The van der Waals surface area contributed by atoms with Gasteiger partial charge >= 0.3 is 0 Å². The zero-order valence-corrected chi connectivity index (χ0v) is 10.9. The molecule has 1 heterocycles. The average molecular weight is 250 g/mol. The first-order valence-corrected chi connectivity index (χ1v) is 7.32. The van der Waals surface area contributed by atoms with Crippen LogP contribution < -0.4 is 5.32 Å². The van der Waals surface area contributed by atoms with Crippen molar-refractivity contribution in [2.24, 2.45) is 11.8 Å². The van der Waals surface area contributed by atoms with Crippen LogP contribution in [0, 0.1) is 11.8 Å². The van der Waals surface area contributed by atoms with Crippen LogP contribution in [0.25, 0.3) is 0 Å². The van der Waals surface area contributed by atoms with Crippen molar-refractivity contribution in [2.45, 2.75) is 51.0 Å². The second-order valence-electron chi connectivity index (χ2n) is 6.11. The molecule has 0 spiro atoms. The molecule has 3 aliphatic rings. The van der Waals surface area contributed by atoms with E-state index in [1.807, 2.05) is 0 Å². The summed E-state index contributed by atoms with van der Waals surface area (Å²) in [6, 6.07) is -0.231. The molecule has 2 saturated carbocycles. The number of nitrogens with zero attached hydrogens (tertiary/aromatic N) is 1. The van der Waals surface area contributed by atoms with E-state index < -0.39 is 0 Å². The topological polar surface area (TPSA) is 49.4 Å². The van der Waals surface area contributed by atoms with E-state index in [-0.39, 0.29) is 24.4 Å². The third-order valence-electron chi connectivity index (χ3n) is 4.53. The van der Waals surface area contributed by atoms with E-state index in [4.69, 9.17) is 0 Å². The summed E-state index contributed by atoms with van der Waals surface area (Å²) >= 11 is 0. The van der Waals surface area contributed by atoms with Gasteiger partial charge in [-0.25, -0.2) is 0 Å². The highest BCUT2D eigenvalue weighted by Crippen LogP contribution is 2.32. The second-order valence-corrected chi connectivity index (χ2v) is 6.11. The molecule has 2 aliphatic carbocycles. The molecule has 2 amide bonds. The van der Waals surface area contributed by atoms with Crippen LogP contribution in [0.3, 0.4) is 0 Å². The van der Waals surface area contributed by atoms with Gasteiger partial charge in [0.2, 0.25) is 11.8 Å². The van der Waals surface area contributed by atoms with Crippen molar-refractivity contribution in [3.63, 3.8) is 0 Å². The number of amides is 2. The van der Waals surface area contributed by atoms with Gasteiger partial charge in [0.1, 0.15) is 6.04 Å². The molecule has 1 saturated heterocycles. The number of piperazine rings is 1. The number of hydrogen-bond donors (Lipinski definition) is 1. The molecule has 1 atom stereocenters. The van der Waals surface area contributed by atoms with Crippen LogP contribution in [-0.4, -0.2) is 35.8 Å². The largest absolute Gasteiger partial charge is 0.342 e. The highest BCUT2D eigenvalue weighted by Gasteiger charge is 2.39. The van der Waals surface area contributed by atoms with Gasteiger partial charge in [-0.2, -0.15) is 0 Å². The Morgan fingerprint density at radius 3 is 2.44 bits per heavy atom. The number of carbonyl (C=O) groups is 2. The summed E-state index contributed by atoms with van der Waals surface area (Å²) in [6.07, 6.45) is 8.30. The van der Waals surface area contributed by atoms with Crippen molar-refractivity contribution in [3.8, 4) is 0 Å². The molecule has 3 fully saturated rings. The maximum Gasteiger partial charge on any atom is 0.245 e. The minimum absolute atomic E-state index is 0.0332. The number of rotatable bonds is 3. The smallest absolute Gasteiger partial charge is 0.245 e. The number of nitrogens with one attached hydrogen (secondary N) is 1. The Labute approximate surface area is 108 Å². The van der Waals surface area contributed by atoms with Crippen LogP contribution >= 0.6 is 0 Å². The molecular weight excluding hydrogens is 228 g/mol. The quantitative estimate of drug-likeness (QED) is 0.821. The predicted octanol–water partition coefficient (Wildman–Crippen LogP) is 1.30. The van der Waals surface area contributed by atoms with Gasteiger partial charge < -0.3 is 10.2 Å². The number of hydrogen-bond acceptors (Lipinski definition) is 2. The summed E-state index contributed by atoms with van der Waals surface area (Å²) in [6.45, 7) is 1.08. The first kappa shape index (κ1) is 12.0. The molecule has 1 aliphatic heterocycles. The van der Waals surface area contributed by atoms with Crippen LogP contribution in [0.2, 0.25) is 0 Å². The minimum Gasteiger partial charge on any atom is -0.342 e. The highest BCUT2D eigenvalue weighted by atomic mass is 16.2. The SMILES string of the molecule is O=C1CN(CC2CC2)C(=O)C(C2CCCCC2)N1. The normalized spacial score (nSPS) is 30.4. The molecule has 100 valence electrons. The van der Waals surface area contributed by atoms with Gasteiger partial charge in [-0.1, -0.05) is 19.3 Å². The van der Waals surface area contributed by atoms with Gasteiger partial charge in [-0.3, -0.25) is 9.59 Å². The van der Waals surface area contributed by atoms with Crippen LogP contribution in [0.5, 0.6) is 0 Å². The summed E-state index contributed by atoms with van der Waals surface area (Å²) in [5.74, 6) is 1.24. The Morgan fingerprint density at radius 2 is 1.78 bits per heavy atom. The van der Waals surface area contributed by atoms with Gasteiger partial charge in [0.15, 0.2) is 0 Å². The van der Waals surface area contributed by atoms with Crippen molar-refractivity contribution < 1.29 is 9.59 Å². The summed E-state index contributed by atoms with van der Waals surface area (Å²) in [7, 11) is 0. The third kappa shape index (κ3) is 2.52. The fraction of sp³-hybridized carbons (Fsp3) is 0.857. The fourth-order valence-electron chi connectivity index (χ4n) is 3.28. The Hall–Kier alpha value is -1.06. The van der Waals surface area contributed by atoms with Gasteiger partial charge in [0.05, 0.1) is 6.54 Å². The Kier molecular flexibility index (Phi) is 3.27. The van der Waals surface area contributed by atoms with Crippen LogP contribution in [0.4, 0.5) is 0 Å². The van der Waals surface area contributed by atoms with Crippen molar-refractivity contribution in [2.75, 3.05) is 13.1 Å². The second kappa shape index (κ2) is 4.90. The Bertz CT molecular complexity index is 346. The van der Waals surface area contributed by atoms with Gasteiger partial charge in [0, 0.05) is 6.54 Å². The highest BCUT2D eigenvalue weighted by molar-refractivity contribution is 5.95. The van der Waals surface area contributed by atoms with Gasteiger partial charge in [-0.05, 0) is 37.5 Å². The fourth-order valence-corrected chi connectivity index (χ4v) is 3.28. The molecule has 0 aromatic rings. The zero-order chi connectivity index (χ0) is 12.5. The van der Waals surface area contributed by atoms with E-state index in [9.17, 15) is 9.59 Å². The van der Waals surface area contributed by atoms with E-state index in [0.717, 1.165) is 19.4 Å². The lowest BCUT2D eigenvalue weighted by Gasteiger charge is -2.37. The zero-order valence-electron chi connectivity index (χ0n) is 10.9. The van der Waals surface area contributed by atoms with E-state index in [1.54, 1.807) is 4.90 Å². The Balaban J connectivity index is 1.67. The molecule has 0 aromatic heterocycles. The molecule has 1 N–H and O–H groups in total. The van der Waals surface area contributed by atoms with Crippen LogP contribution in [0.15, 0.2) is 0 Å². The van der Waals surface area contributed by atoms with Crippen molar-refractivity contribution >= 4 is 11.8 Å². The summed E-state index contributed by atoms with van der Waals surface area (Å²) < 4.78 is 0. The van der Waals surface area contributed by atoms with E-state index >= 15 is 0 Å². The molecule has 0 bridgehead atoms. The summed E-state index contributed by atoms with van der Waals surface area (Å²) in [5, 5.41) is 2.93. The van der Waals surface area contributed by atoms with E-state index in [0.29, 0.717) is 11.8 Å². The summed E-state index contributed by atoms with van der Waals surface area (Å²) in [4.78, 5) is 26.0. The van der Waals surface area contributed by atoms with Gasteiger partial charge in [-0.15, -0.1) is 0 Å². The van der Waals surface area contributed by atoms with Crippen molar-refractivity contribution in [1.29, 1.82) is 0 Å². The lowest BCUT2D eigenvalue weighted by Crippen LogP contribution is -2.61. The summed E-state index contributed by atoms with van der Waals surface area (Å²) in [5.41, 5.74) is 0. The standard InChI is InChI=1S/C14H22N2O2/c17-12-9-16(8-10-6-7-10)14(18)13(15-12)11-4-2-1-3-5-11/h10-11,13H,1-9H2,(H,15,17). The molecule has 0 aromatic carbocycles. The predicted molar refractivity (Wildman–Crippen MR) is 67.8 cm³/mol. The first-order valence-electron chi connectivity index (χ1n) is 7.32. The lowest BCUT2D eigenvalue weighted by atomic mass is 9.82. The van der Waals surface area contributed by atoms with Crippen LogP contribution in [-0.2, 0) is 9.59 Å². The minimum atomic E-state index is -0.231. The molecule has 18 heavy (non-hydrogen) atoms. The molecular formula is C14H22N2O2. The third-order valence-corrected chi connectivity index (χ3v) is 4.53. The lowest BCUT2D eigenvalue weighted by molar-refractivity contribution is -0.146. The molecule has 4 nitrogen and oxygen atoms in total. The van der Waals surface area contributed by atoms with Crippen LogP contribution in [0.1, 0.15) is 44.9 Å². The van der Waals surface area contributed by atoms with E-state index in [1.165, 1.54) is 32.1 Å². The van der Waals surface area contributed by atoms with Crippen molar-refractivity contribution in [3.05, 3.63) is 0 Å². The molecule has 3 rings (SSSR count). The maximum absolute atomic E-state index is 12.4. The number of carbonyl (C=O) groups excluding carboxylic acids is 2. The van der Waals surface area contributed by atoms with E-state index in [2.05, 4.69) is 5.32 Å². The van der Waals surface area contributed by atoms with Gasteiger partial charge in [0.25, 0.3) is 0 Å². The first-order chi connectivity index (χ1) is 8.74.